The van der Waals surface area contributed by atoms with Crippen molar-refractivity contribution >= 4 is 17.4 Å². The Morgan fingerprint density at radius 2 is 1.74 bits per heavy atom. The zero-order valence-electron chi connectivity index (χ0n) is 13.4. The van der Waals surface area contributed by atoms with E-state index in [9.17, 15) is 14.0 Å². The number of nitrogens with one attached hydrogen (secondary N) is 1. The minimum Gasteiger partial charge on any atom is -0.326 e. The smallest absolute Gasteiger partial charge is 0.224 e. The summed E-state index contributed by atoms with van der Waals surface area (Å²) in [7, 11) is 0. The van der Waals surface area contributed by atoms with E-state index in [2.05, 4.69) is 12.2 Å². The molecule has 1 N–H and O–H groups in total. The van der Waals surface area contributed by atoms with Crippen LogP contribution in [0.5, 0.6) is 0 Å². The van der Waals surface area contributed by atoms with E-state index in [4.69, 9.17) is 0 Å². The Hall–Kier alpha value is -2.49. The van der Waals surface area contributed by atoms with E-state index < -0.39 is 5.82 Å². The van der Waals surface area contributed by atoms with E-state index in [0.29, 0.717) is 11.3 Å². The summed E-state index contributed by atoms with van der Waals surface area (Å²) in [6.07, 6.45) is 1.12. The van der Waals surface area contributed by atoms with Crippen molar-refractivity contribution in [2.24, 2.45) is 0 Å². The van der Waals surface area contributed by atoms with Gasteiger partial charge in [-0.15, -0.1) is 0 Å². The van der Waals surface area contributed by atoms with Crippen LogP contribution in [0, 0.1) is 12.7 Å². The molecule has 0 radical (unpaired) electrons. The van der Waals surface area contributed by atoms with Gasteiger partial charge < -0.3 is 5.32 Å². The molecular weight excluding hydrogens is 293 g/mol. The Labute approximate surface area is 135 Å². The molecule has 0 aliphatic carbocycles. The third kappa shape index (κ3) is 4.74. The number of halogens is 1. The predicted molar refractivity (Wildman–Crippen MR) is 89.2 cm³/mol. The first-order valence-electron chi connectivity index (χ1n) is 7.67. The molecule has 3 nitrogen and oxygen atoms in total. The molecule has 1 amide bonds. The molecule has 0 saturated heterocycles. The van der Waals surface area contributed by atoms with E-state index in [0.717, 1.165) is 12.0 Å². The van der Waals surface area contributed by atoms with Crippen LogP contribution >= 0.6 is 0 Å². The van der Waals surface area contributed by atoms with Gasteiger partial charge in [0.15, 0.2) is 5.78 Å². The van der Waals surface area contributed by atoms with Crippen molar-refractivity contribution in [3.05, 3.63) is 65.0 Å². The SMILES string of the molecule is CCc1ccc(C(=O)CCC(=O)Nc2cc(F)ccc2C)cc1. The maximum absolute atomic E-state index is 13.2. The van der Waals surface area contributed by atoms with Crippen molar-refractivity contribution in [1.29, 1.82) is 0 Å². The molecule has 0 saturated carbocycles. The van der Waals surface area contributed by atoms with Gasteiger partial charge in [0.05, 0.1) is 0 Å². The highest BCUT2D eigenvalue weighted by Crippen LogP contribution is 2.16. The Kier molecular flexibility index (Phi) is 5.63. The Morgan fingerprint density at radius 1 is 1.04 bits per heavy atom. The molecule has 2 aromatic carbocycles. The number of aryl methyl sites for hydroxylation is 2. The Morgan fingerprint density at radius 3 is 2.39 bits per heavy atom. The fourth-order valence-corrected chi connectivity index (χ4v) is 2.24. The van der Waals surface area contributed by atoms with E-state index in [1.807, 2.05) is 12.1 Å². The van der Waals surface area contributed by atoms with Crippen LogP contribution in [0.3, 0.4) is 0 Å². The van der Waals surface area contributed by atoms with Gasteiger partial charge in [0.25, 0.3) is 0 Å². The Bertz CT molecular complexity index is 708. The second-order valence-electron chi connectivity index (χ2n) is 5.48. The minimum atomic E-state index is -0.405. The number of hydrogen-bond donors (Lipinski definition) is 1. The lowest BCUT2D eigenvalue weighted by Crippen LogP contribution is -2.14. The predicted octanol–water partition coefficient (Wildman–Crippen LogP) is 4.30. The molecule has 0 atom stereocenters. The first-order chi connectivity index (χ1) is 11.0. The van der Waals surface area contributed by atoms with Gasteiger partial charge in [0, 0.05) is 24.1 Å². The van der Waals surface area contributed by atoms with Crippen LogP contribution in [0.4, 0.5) is 10.1 Å². The maximum atomic E-state index is 13.2. The molecule has 120 valence electrons. The molecule has 0 bridgehead atoms. The number of Topliss-reactive ketones (excluding diaryl/α,β-unsaturated/α-hetero) is 1. The topological polar surface area (TPSA) is 46.2 Å². The molecule has 0 aromatic heterocycles. The first-order valence-corrected chi connectivity index (χ1v) is 7.67. The van der Waals surface area contributed by atoms with E-state index >= 15 is 0 Å². The highest BCUT2D eigenvalue weighted by molar-refractivity contribution is 6.00. The fourth-order valence-electron chi connectivity index (χ4n) is 2.24. The van der Waals surface area contributed by atoms with Gasteiger partial charge in [-0.1, -0.05) is 37.3 Å². The van der Waals surface area contributed by atoms with Crippen molar-refractivity contribution in [2.75, 3.05) is 5.32 Å². The summed E-state index contributed by atoms with van der Waals surface area (Å²) < 4.78 is 13.2. The van der Waals surface area contributed by atoms with E-state index in [1.165, 1.54) is 17.7 Å². The summed E-state index contributed by atoms with van der Waals surface area (Å²) in [6, 6.07) is 11.6. The number of carbonyl (C=O) groups is 2. The molecule has 2 rings (SSSR count). The van der Waals surface area contributed by atoms with Crippen molar-refractivity contribution in [2.45, 2.75) is 33.1 Å². The number of rotatable bonds is 6. The molecule has 0 unspecified atom stereocenters. The normalized spacial score (nSPS) is 10.4. The van der Waals surface area contributed by atoms with Gasteiger partial charge in [-0.25, -0.2) is 4.39 Å². The van der Waals surface area contributed by atoms with Gasteiger partial charge >= 0.3 is 0 Å². The second kappa shape index (κ2) is 7.68. The summed E-state index contributed by atoms with van der Waals surface area (Å²) in [5, 5.41) is 2.64. The lowest BCUT2D eigenvalue weighted by molar-refractivity contribution is -0.116. The average molecular weight is 313 g/mol. The molecule has 0 aliphatic rings. The third-order valence-corrected chi connectivity index (χ3v) is 3.74. The summed E-state index contributed by atoms with van der Waals surface area (Å²) in [5.41, 5.74) is 2.99. The number of anilines is 1. The van der Waals surface area contributed by atoms with Crippen LogP contribution in [0.2, 0.25) is 0 Å². The summed E-state index contributed by atoms with van der Waals surface area (Å²) in [5.74, 6) is -0.769. The van der Waals surface area contributed by atoms with Crippen LogP contribution in [0.15, 0.2) is 42.5 Å². The average Bonchev–Trinajstić information content (AvgIpc) is 2.56. The number of hydrogen-bond acceptors (Lipinski definition) is 2. The van der Waals surface area contributed by atoms with E-state index in [-0.39, 0.29) is 24.5 Å². The van der Waals surface area contributed by atoms with Crippen molar-refractivity contribution < 1.29 is 14.0 Å². The molecule has 4 heteroatoms. The van der Waals surface area contributed by atoms with Crippen LogP contribution in [-0.2, 0) is 11.2 Å². The summed E-state index contributed by atoms with van der Waals surface area (Å²) in [4.78, 5) is 24.0. The standard InChI is InChI=1S/C19H20FNO2/c1-3-14-5-7-15(8-6-14)18(22)10-11-19(23)21-17-12-16(20)9-4-13(17)2/h4-9,12H,3,10-11H2,1-2H3,(H,21,23). The van der Waals surface area contributed by atoms with Crippen LogP contribution < -0.4 is 5.32 Å². The molecular formula is C19H20FNO2. The molecule has 0 fully saturated rings. The molecule has 0 spiro atoms. The largest absolute Gasteiger partial charge is 0.326 e. The maximum Gasteiger partial charge on any atom is 0.224 e. The third-order valence-electron chi connectivity index (χ3n) is 3.74. The number of amides is 1. The van der Waals surface area contributed by atoms with Gasteiger partial charge in [-0.3, -0.25) is 9.59 Å². The molecule has 0 aliphatic heterocycles. The highest BCUT2D eigenvalue weighted by Gasteiger charge is 2.11. The minimum absolute atomic E-state index is 0.0706. The zero-order chi connectivity index (χ0) is 16.8. The molecule has 2 aromatic rings. The lowest BCUT2D eigenvalue weighted by atomic mass is 10.0. The quantitative estimate of drug-likeness (QED) is 0.808. The molecule has 0 heterocycles. The van der Waals surface area contributed by atoms with Crippen LogP contribution in [0.25, 0.3) is 0 Å². The first kappa shape index (κ1) is 16.9. The molecule has 23 heavy (non-hydrogen) atoms. The van der Waals surface area contributed by atoms with Gasteiger partial charge in [-0.2, -0.15) is 0 Å². The number of carbonyl (C=O) groups excluding carboxylic acids is 2. The van der Waals surface area contributed by atoms with Gasteiger partial charge in [0.1, 0.15) is 5.82 Å². The van der Waals surface area contributed by atoms with Crippen molar-refractivity contribution in [3.8, 4) is 0 Å². The van der Waals surface area contributed by atoms with E-state index in [1.54, 1.807) is 25.1 Å². The fraction of sp³-hybridized carbons (Fsp3) is 0.263. The van der Waals surface area contributed by atoms with Crippen molar-refractivity contribution in [1.82, 2.24) is 0 Å². The van der Waals surface area contributed by atoms with Crippen LogP contribution in [-0.4, -0.2) is 11.7 Å². The van der Waals surface area contributed by atoms with Crippen molar-refractivity contribution in [3.63, 3.8) is 0 Å². The number of ketones is 1. The second-order valence-corrected chi connectivity index (χ2v) is 5.48. The van der Waals surface area contributed by atoms with Gasteiger partial charge in [0.2, 0.25) is 5.91 Å². The summed E-state index contributed by atoms with van der Waals surface area (Å²) >= 11 is 0. The Balaban J connectivity index is 1.90. The van der Waals surface area contributed by atoms with Crippen LogP contribution in [0.1, 0.15) is 41.3 Å². The van der Waals surface area contributed by atoms with Gasteiger partial charge in [-0.05, 0) is 36.6 Å². The lowest BCUT2D eigenvalue weighted by Gasteiger charge is -2.08. The monoisotopic (exact) mass is 313 g/mol. The zero-order valence-corrected chi connectivity index (χ0v) is 13.4. The summed E-state index contributed by atoms with van der Waals surface area (Å²) in [6.45, 7) is 3.84. The highest BCUT2D eigenvalue weighted by atomic mass is 19.1. The number of benzene rings is 2.